The third-order valence-electron chi connectivity index (χ3n) is 2.15. The molecule has 0 bridgehead atoms. The maximum Gasteiger partial charge on any atom is 0.416 e. The Morgan fingerprint density at radius 3 is 2.42 bits per heavy atom. The van der Waals surface area contributed by atoms with E-state index in [1.165, 1.54) is 0 Å². The number of alkyl halides is 3. The van der Waals surface area contributed by atoms with Gasteiger partial charge in [-0.3, -0.25) is 14.9 Å². The fourth-order valence-corrected chi connectivity index (χ4v) is 2.30. The first-order valence-corrected chi connectivity index (χ1v) is 5.99. The van der Waals surface area contributed by atoms with Crippen molar-refractivity contribution in [2.45, 2.75) is 18.0 Å². The normalized spacial score (nSPS) is 11.4. The minimum absolute atomic E-state index is 0.142. The smallest absolute Gasteiger partial charge is 0.365 e. The molecule has 0 aromatic heterocycles. The first-order valence-electron chi connectivity index (χ1n) is 5.00. The Morgan fingerprint density at radius 2 is 2.05 bits per heavy atom. The van der Waals surface area contributed by atoms with E-state index in [0.717, 1.165) is 11.8 Å². The molecule has 0 spiro atoms. The molecule has 1 aromatic carbocycles. The van der Waals surface area contributed by atoms with Gasteiger partial charge in [0.15, 0.2) is 0 Å². The molecule has 0 radical (unpaired) electrons. The van der Waals surface area contributed by atoms with Crippen LogP contribution in [0.5, 0.6) is 0 Å². The number of nitro groups is 1. The second-order valence-electron chi connectivity index (χ2n) is 3.42. The molecule has 2 N–H and O–H groups in total. The van der Waals surface area contributed by atoms with Gasteiger partial charge in [0.1, 0.15) is 5.56 Å². The highest BCUT2D eigenvalue weighted by Gasteiger charge is 2.35. The Bertz CT molecular complexity index is 531. The van der Waals surface area contributed by atoms with Crippen molar-refractivity contribution >= 4 is 23.4 Å². The summed E-state index contributed by atoms with van der Waals surface area (Å²) in [6.07, 6.45) is -4.73. The van der Waals surface area contributed by atoms with Gasteiger partial charge in [-0.1, -0.05) is 6.92 Å². The summed E-state index contributed by atoms with van der Waals surface area (Å²) in [5, 5.41) is 10.8. The molecule has 19 heavy (non-hydrogen) atoms. The maximum absolute atomic E-state index is 12.6. The number of carbonyl (C=O) groups excluding carboxylic acids is 1. The quantitative estimate of drug-likeness (QED) is 0.525. The minimum Gasteiger partial charge on any atom is -0.365 e. The molecule has 5 nitrogen and oxygen atoms in total. The predicted molar refractivity (Wildman–Crippen MR) is 63.0 cm³/mol. The van der Waals surface area contributed by atoms with Crippen LogP contribution >= 0.6 is 11.8 Å². The SMILES string of the molecule is CCSc1cc(C(F)(F)F)cc([N+](=O)[O-])c1C(N)=O. The third-order valence-corrected chi connectivity index (χ3v) is 3.07. The van der Waals surface area contributed by atoms with E-state index in [-0.39, 0.29) is 4.90 Å². The molecule has 0 aliphatic heterocycles. The van der Waals surface area contributed by atoms with Crippen molar-refractivity contribution in [1.82, 2.24) is 0 Å². The molecule has 1 aromatic rings. The van der Waals surface area contributed by atoms with Gasteiger partial charge in [0.2, 0.25) is 0 Å². The van der Waals surface area contributed by atoms with Crippen LogP contribution in [0.3, 0.4) is 0 Å². The fourth-order valence-electron chi connectivity index (χ4n) is 1.43. The number of halogens is 3. The summed E-state index contributed by atoms with van der Waals surface area (Å²) in [6, 6.07) is 1.01. The Labute approximate surface area is 110 Å². The van der Waals surface area contributed by atoms with Crippen LogP contribution in [0.2, 0.25) is 0 Å². The van der Waals surface area contributed by atoms with E-state index >= 15 is 0 Å². The van der Waals surface area contributed by atoms with Crippen LogP contribution in [-0.2, 0) is 6.18 Å². The lowest BCUT2D eigenvalue weighted by atomic mass is 10.1. The van der Waals surface area contributed by atoms with E-state index in [0.29, 0.717) is 17.9 Å². The lowest BCUT2D eigenvalue weighted by Crippen LogP contribution is -2.17. The topological polar surface area (TPSA) is 86.2 Å². The number of amides is 1. The zero-order valence-electron chi connectivity index (χ0n) is 9.65. The summed E-state index contributed by atoms with van der Waals surface area (Å²) in [5.41, 5.74) is 2.40. The molecular formula is C10H9F3N2O3S. The molecule has 0 aliphatic rings. The fraction of sp³-hybridized carbons (Fsp3) is 0.300. The molecule has 9 heteroatoms. The highest BCUT2D eigenvalue weighted by atomic mass is 32.2. The van der Waals surface area contributed by atoms with Crippen molar-refractivity contribution in [2.24, 2.45) is 5.73 Å². The van der Waals surface area contributed by atoms with Crippen LogP contribution in [0.15, 0.2) is 17.0 Å². The number of hydrogen-bond donors (Lipinski definition) is 1. The van der Waals surface area contributed by atoms with E-state index in [4.69, 9.17) is 5.73 Å². The van der Waals surface area contributed by atoms with Gasteiger partial charge < -0.3 is 5.73 Å². The zero-order chi connectivity index (χ0) is 14.8. The minimum atomic E-state index is -4.73. The summed E-state index contributed by atoms with van der Waals surface area (Å²) in [7, 11) is 0. The van der Waals surface area contributed by atoms with Gasteiger partial charge in [-0.25, -0.2) is 0 Å². The first-order chi connectivity index (χ1) is 8.68. The summed E-state index contributed by atoms with van der Waals surface area (Å²) in [5.74, 6) is -0.782. The molecule has 104 valence electrons. The second kappa shape index (κ2) is 5.47. The second-order valence-corrected chi connectivity index (χ2v) is 4.73. The van der Waals surface area contributed by atoms with Gasteiger partial charge in [0, 0.05) is 11.0 Å². The molecule has 0 atom stereocenters. The number of nitro benzene ring substituents is 1. The molecule has 0 unspecified atom stereocenters. The van der Waals surface area contributed by atoms with E-state index in [1.54, 1.807) is 6.92 Å². The number of primary amides is 1. The van der Waals surface area contributed by atoms with Gasteiger partial charge in [-0.05, 0) is 11.8 Å². The highest BCUT2D eigenvalue weighted by Crippen LogP contribution is 2.38. The molecule has 0 fully saturated rings. The summed E-state index contributed by atoms with van der Waals surface area (Å²) >= 11 is 0.887. The lowest BCUT2D eigenvalue weighted by molar-refractivity contribution is -0.385. The molecule has 0 saturated carbocycles. The molecule has 0 saturated heterocycles. The van der Waals surface area contributed by atoms with Crippen molar-refractivity contribution in [2.75, 3.05) is 5.75 Å². The number of hydrogen-bond acceptors (Lipinski definition) is 4. The number of thioether (sulfide) groups is 1. The molecule has 1 amide bonds. The van der Waals surface area contributed by atoms with Crippen LogP contribution in [0.25, 0.3) is 0 Å². The van der Waals surface area contributed by atoms with Crippen LogP contribution in [0.4, 0.5) is 18.9 Å². The van der Waals surface area contributed by atoms with E-state index in [1.807, 2.05) is 0 Å². The molecule has 1 rings (SSSR count). The summed E-state index contributed by atoms with van der Waals surface area (Å²) in [4.78, 5) is 20.8. The van der Waals surface area contributed by atoms with Crippen LogP contribution in [0, 0.1) is 10.1 Å². The third kappa shape index (κ3) is 3.37. The van der Waals surface area contributed by atoms with Crippen molar-refractivity contribution in [3.8, 4) is 0 Å². The van der Waals surface area contributed by atoms with Gasteiger partial charge >= 0.3 is 6.18 Å². The van der Waals surface area contributed by atoms with Gasteiger partial charge in [-0.2, -0.15) is 13.2 Å². The average Bonchev–Trinajstić information content (AvgIpc) is 2.26. The van der Waals surface area contributed by atoms with Crippen molar-refractivity contribution < 1.29 is 22.9 Å². The van der Waals surface area contributed by atoms with Gasteiger partial charge in [-0.15, -0.1) is 11.8 Å². The van der Waals surface area contributed by atoms with E-state index < -0.39 is 33.8 Å². The van der Waals surface area contributed by atoms with Crippen molar-refractivity contribution in [3.05, 3.63) is 33.4 Å². The average molecular weight is 294 g/mol. The number of carbonyl (C=O) groups is 1. The predicted octanol–water partition coefficient (Wildman–Crippen LogP) is 2.82. The van der Waals surface area contributed by atoms with E-state index in [9.17, 15) is 28.1 Å². The van der Waals surface area contributed by atoms with Gasteiger partial charge in [0.05, 0.1) is 10.5 Å². The Morgan fingerprint density at radius 1 is 1.47 bits per heavy atom. The summed E-state index contributed by atoms with van der Waals surface area (Å²) < 4.78 is 37.9. The first kappa shape index (κ1) is 15.3. The molecular weight excluding hydrogens is 285 g/mol. The van der Waals surface area contributed by atoms with Gasteiger partial charge in [0.25, 0.3) is 11.6 Å². The monoisotopic (exact) mass is 294 g/mol. The number of nitrogens with zero attached hydrogens (tertiary/aromatic N) is 1. The summed E-state index contributed by atoms with van der Waals surface area (Å²) in [6.45, 7) is 1.64. The number of rotatable bonds is 4. The lowest BCUT2D eigenvalue weighted by Gasteiger charge is -2.11. The maximum atomic E-state index is 12.6. The van der Waals surface area contributed by atoms with E-state index in [2.05, 4.69) is 0 Å². The van der Waals surface area contributed by atoms with Crippen LogP contribution < -0.4 is 5.73 Å². The van der Waals surface area contributed by atoms with Crippen LogP contribution in [-0.4, -0.2) is 16.6 Å². The molecule has 0 aliphatic carbocycles. The largest absolute Gasteiger partial charge is 0.416 e. The van der Waals surface area contributed by atoms with Crippen LogP contribution in [0.1, 0.15) is 22.8 Å². The molecule has 0 heterocycles. The number of nitrogens with two attached hydrogens (primary N) is 1. The zero-order valence-corrected chi connectivity index (χ0v) is 10.5. The Balaban J connectivity index is 3.62. The number of benzene rings is 1. The van der Waals surface area contributed by atoms with Crippen molar-refractivity contribution in [3.63, 3.8) is 0 Å². The van der Waals surface area contributed by atoms with Crippen molar-refractivity contribution in [1.29, 1.82) is 0 Å². The highest BCUT2D eigenvalue weighted by molar-refractivity contribution is 7.99. The Hall–Kier alpha value is -1.77. The standard InChI is InChI=1S/C10H9F3N2O3S/c1-2-19-7-4-5(10(11,12)13)3-6(15(17)18)8(7)9(14)16/h3-4H,2H2,1H3,(H2,14,16). The Kier molecular flexibility index (Phi) is 4.40.